The number of carbonyl (C=O) groups is 4. The Kier molecular flexibility index (Phi) is 22.4. The highest BCUT2D eigenvalue weighted by atomic mass is 16.5. The Morgan fingerprint density at radius 2 is 0.959 bits per heavy atom. The van der Waals surface area contributed by atoms with E-state index in [4.69, 9.17) is 41.9 Å². The summed E-state index contributed by atoms with van der Waals surface area (Å²) in [6.07, 6.45) is 25.1. The number of ether oxygens (including phenoxy) is 4. The van der Waals surface area contributed by atoms with Crippen molar-refractivity contribution in [2.75, 3.05) is 36.1 Å². The molecule has 6 rings (SSSR count). The number of unbranched alkanes of at least 4 members (excludes halogenated alkanes) is 5. The Balaban J connectivity index is 0.000000278. The fourth-order valence-corrected chi connectivity index (χ4v) is 9.66. The van der Waals surface area contributed by atoms with Gasteiger partial charge in [-0.1, -0.05) is 122 Å². The minimum atomic E-state index is -0.461. The predicted octanol–water partition coefficient (Wildman–Crippen LogP) is 13.1. The molecule has 2 aliphatic carbocycles. The lowest BCUT2D eigenvalue weighted by Crippen LogP contribution is -2.27. The third kappa shape index (κ3) is 18.9. The van der Waals surface area contributed by atoms with Crippen LogP contribution in [0.4, 0.5) is 22.7 Å². The van der Waals surface area contributed by atoms with E-state index in [0.717, 1.165) is 79.5 Å². The van der Waals surface area contributed by atoms with Gasteiger partial charge in [0.15, 0.2) is 0 Å². The Bertz CT molecular complexity index is 2510. The van der Waals surface area contributed by atoms with E-state index in [9.17, 15) is 19.2 Å². The summed E-state index contributed by atoms with van der Waals surface area (Å²) < 4.78 is 22.1. The van der Waals surface area contributed by atoms with Crippen molar-refractivity contribution in [3.63, 3.8) is 0 Å². The minimum Gasteiger partial charge on any atom is -0.462 e. The van der Waals surface area contributed by atoms with Crippen molar-refractivity contribution in [2.45, 2.75) is 142 Å². The molecule has 2 aliphatic rings. The van der Waals surface area contributed by atoms with E-state index >= 15 is 0 Å². The van der Waals surface area contributed by atoms with E-state index in [-0.39, 0.29) is 37.0 Å². The van der Waals surface area contributed by atoms with Crippen molar-refractivity contribution in [2.24, 2.45) is 23.7 Å². The van der Waals surface area contributed by atoms with Gasteiger partial charge >= 0.3 is 23.9 Å². The quantitative estimate of drug-likeness (QED) is 0.0145. The van der Waals surface area contributed by atoms with Crippen LogP contribution >= 0.6 is 0 Å². The third-order valence-corrected chi connectivity index (χ3v) is 14.4. The SMILES string of the molecule is C=CC1CCC(C(=O)Oc2ccc(/C=C/C(=O)OCC(C)(C)c3ccc(N)cc3N)cc2)CC1.CCCCCCCCC1CCC(C(=O)Oc2ccc(/C=C/C(=O)OCC(C)(C)c3ccc(N)cc3N)cc2)CC1. The molecular weight excluding hydrogens is 929 g/mol. The third-order valence-electron chi connectivity index (χ3n) is 14.4. The van der Waals surface area contributed by atoms with Crippen LogP contribution in [0.15, 0.2) is 110 Å². The summed E-state index contributed by atoms with van der Waals surface area (Å²) in [6, 6.07) is 24.9. The van der Waals surface area contributed by atoms with Crippen molar-refractivity contribution >= 4 is 58.8 Å². The highest BCUT2D eigenvalue weighted by molar-refractivity contribution is 5.88. The molecule has 0 saturated heterocycles. The van der Waals surface area contributed by atoms with Crippen LogP contribution in [0.25, 0.3) is 12.2 Å². The van der Waals surface area contributed by atoms with Crippen LogP contribution in [0.1, 0.15) is 153 Å². The zero-order chi connectivity index (χ0) is 53.7. The lowest BCUT2D eigenvalue weighted by Gasteiger charge is -2.27. The molecule has 0 aromatic heterocycles. The van der Waals surface area contributed by atoms with Gasteiger partial charge in [-0.25, -0.2) is 9.59 Å². The van der Waals surface area contributed by atoms with Crippen LogP contribution in [0, 0.1) is 23.7 Å². The van der Waals surface area contributed by atoms with E-state index in [2.05, 4.69) is 13.5 Å². The second-order valence-electron chi connectivity index (χ2n) is 21.4. The highest BCUT2D eigenvalue weighted by Gasteiger charge is 2.29. The first-order chi connectivity index (χ1) is 35.3. The van der Waals surface area contributed by atoms with Gasteiger partial charge in [-0.2, -0.15) is 0 Å². The molecule has 2 fully saturated rings. The normalized spacial score (nSPS) is 18.0. The van der Waals surface area contributed by atoms with Crippen LogP contribution in [0.5, 0.6) is 11.5 Å². The summed E-state index contributed by atoms with van der Waals surface area (Å²) in [7, 11) is 0. The summed E-state index contributed by atoms with van der Waals surface area (Å²) >= 11 is 0. The molecule has 0 unspecified atom stereocenters. The van der Waals surface area contributed by atoms with Gasteiger partial charge < -0.3 is 41.9 Å². The molecule has 74 heavy (non-hydrogen) atoms. The van der Waals surface area contributed by atoms with Crippen LogP contribution in [0.3, 0.4) is 0 Å². The Morgan fingerprint density at radius 1 is 0.554 bits per heavy atom. The Morgan fingerprint density at radius 3 is 1.36 bits per heavy atom. The Hall–Kier alpha value is -6.82. The lowest BCUT2D eigenvalue weighted by molar-refractivity contribution is -0.141. The molecule has 0 aliphatic heterocycles. The van der Waals surface area contributed by atoms with Crippen molar-refractivity contribution < 1.29 is 38.1 Å². The van der Waals surface area contributed by atoms with Gasteiger partial charge in [0.1, 0.15) is 24.7 Å². The second kappa shape index (κ2) is 28.6. The van der Waals surface area contributed by atoms with Crippen molar-refractivity contribution in [3.05, 3.63) is 132 Å². The van der Waals surface area contributed by atoms with E-state index < -0.39 is 22.8 Å². The molecule has 0 radical (unpaired) electrons. The number of anilines is 4. The Labute approximate surface area is 440 Å². The van der Waals surface area contributed by atoms with Gasteiger partial charge in [-0.3, -0.25) is 9.59 Å². The number of allylic oxidation sites excluding steroid dienone is 1. The maximum atomic E-state index is 12.7. The van der Waals surface area contributed by atoms with Crippen LogP contribution < -0.4 is 32.4 Å². The molecule has 398 valence electrons. The van der Waals surface area contributed by atoms with Gasteiger partial charge in [0.05, 0.1) is 11.8 Å². The van der Waals surface area contributed by atoms with Crippen LogP contribution in [-0.2, 0) is 39.5 Å². The van der Waals surface area contributed by atoms with E-state index in [1.54, 1.807) is 72.8 Å². The number of rotatable bonds is 22. The van der Waals surface area contributed by atoms with Crippen molar-refractivity contribution in [3.8, 4) is 11.5 Å². The lowest BCUT2D eigenvalue weighted by atomic mass is 9.80. The van der Waals surface area contributed by atoms with Crippen molar-refractivity contribution in [1.29, 1.82) is 0 Å². The first kappa shape index (κ1) is 58.1. The molecule has 0 bridgehead atoms. The molecule has 0 spiro atoms. The summed E-state index contributed by atoms with van der Waals surface area (Å²) in [5.41, 5.74) is 28.5. The van der Waals surface area contributed by atoms with Gasteiger partial charge in [0, 0.05) is 45.7 Å². The molecular formula is C62H82N4O8. The number of hydrogen-bond acceptors (Lipinski definition) is 12. The highest BCUT2D eigenvalue weighted by Crippen LogP contribution is 2.35. The average molecular weight is 1010 g/mol. The predicted molar refractivity (Wildman–Crippen MR) is 300 cm³/mol. The summed E-state index contributed by atoms with van der Waals surface area (Å²) in [6.45, 7) is 14.3. The number of hydrogen-bond donors (Lipinski definition) is 4. The maximum Gasteiger partial charge on any atom is 0.330 e. The number of benzene rings is 4. The topological polar surface area (TPSA) is 209 Å². The van der Waals surface area contributed by atoms with E-state index in [1.807, 2.05) is 58.0 Å². The van der Waals surface area contributed by atoms with Gasteiger partial charge in [0.2, 0.25) is 0 Å². The average Bonchev–Trinajstić information content (AvgIpc) is 3.38. The zero-order valence-electron chi connectivity index (χ0n) is 44.6. The second-order valence-corrected chi connectivity index (χ2v) is 21.4. The van der Waals surface area contributed by atoms with Gasteiger partial charge in [0.25, 0.3) is 0 Å². The minimum absolute atomic E-state index is 0.0111. The maximum absolute atomic E-state index is 12.7. The number of nitrogen functional groups attached to an aromatic ring is 4. The van der Waals surface area contributed by atoms with Gasteiger partial charge in [-0.15, -0.1) is 6.58 Å². The molecule has 0 heterocycles. The fraction of sp³-hybridized carbons (Fsp3) is 0.452. The smallest absolute Gasteiger partial charge is 0.330 e. The molecule has 12 heteroatoms. The van der Waals surface area contributed by atoms with Gasteiger partial charge in [-0.05, 0) is 146 Å². The molecule has 2 saturated carbocycles. The standard InChI is InChI=1S/C34H48N2O4.C28H34N2O4/c1-4-5-6-7-8-9-10-25-11-16-27(17-12-25)33(38)40-29-19-13-26(14-20-29)15-22-32(37)39-24-34(2,3)30-21-18-28(35)23-31(30)36;1-4-19-5-10-21(11-6-19)27(32)34-23-13-7-20(8-14-23)9-16-26(31)33-18-28(2,3)24-15-12-22(29)17-25(24)30/h13-15,18-23,25,27H,4-12,16-17,24,35-36H2,1-3H3;4,7-9,12-17,19,21H,1,5-6,10-11,18,29-30H2,2-3H3/b22-15+;16-9+. The van der Waals surface area contributed by atoms with E-state index in [1.165, 1.54) is 57.1 Å². The first-order valence-electron chi connectivity index (χ1n) is 26.6. The largest absolute Gasteiger partial charge is 0.462 e. The van der Waals surface area contributed by atoms with Crippen LogP contribution in [-0.4, -0.2) is 37.1 Å². The molecule has 0 atom stereocenters. The fourth-order valence-electron chi connectivity index (χ4n) is 9.66. The molecule has 8 N–H and O–H groups in total. The van der Waals surface area contributed by atoms with Crippen molar-refractivity contribution in [1.82, 2.24) is 0 Å². The first-order valence-corrected chi connectivity index (χ1v) is 26.6. The number of nitrogens with two attached hydrogens (primary N) is 4. The summed E-state index contributed by atoms with van der Waals surface area (Å²) in [5.74, 6) is 1.02. The molecule has 4 aromatic rings. The molecule has 4 aromatic carbocycles. The summed E-state index contributed by atoms with van der Waals surface area (Å²) in [5, 5.41) is 0. The number of carbonyl (C=O) groups excluding carboxylic acids is 4. The monoisotopic (exact) mass is 1010 g/mol. The summed E-state index contributed by atoms with van der Waals surface area (Å²) in [4.78, 5) is 49.7. The van der Waals surface area contributed by atoms with Crippen LogP contribution in [0.2, 0.25) is 0 Å². The molecule has 0 amide bonds. The van der Waals surface area contributed by atoms with E-state index in [0.29, 0.717) is 40.2 Å². The molecule has 12 nitrogen and oxygen atoms in total. The zero-order valence-corrected chi connectivity index (χ0v) is 44.6. The number of esters is 4.